The zero-order valence-electron chi connectivity index (χ0n) is 9.40. The molecule has 0 radical (unpaired) electrons. The molecule has 0 saturated heterocycles. The number of alkyl halides is 3. The molecule has 3 nitrogen and oxygen atoms in total. The molecule has 1 aromatic carbocycles. The molecule has 0 aliphatic carbocycles. The molecule has 1 rings (SSSR count). The van der Waals surface area contributed by atoms with Crippen molar-refractivity contribution in [1.29, 1.82) is 0 Å². The maximum Gasteiger partial charge on any atom is 0.416 e. The van der Waals surface area contributed by atoms with Crippen molar-refractivity contribution < 1.29 is 23.1 Å². The van der Waals surface area contributed by atoms with Crippen molar-refractivity contribution in [1.82, 2.24) is 0 Å². The van der Waals surface area contributed by atoms with Crippen molar-refractivity contribution in [3.8, 4) is 0 Å². The van der Waals surface area contributed by atoms with E-state index in [1.807, 2.05) is 0 Å². The highest BCUT2D eigenvalue weighted by atomic mass is 19.4. The Hall–Kier alpha value is -2.03. The fourth-order valence-corrected chi connectivity index (χ4v) is 1.48. The molecule has 2 atom stereocenters. The summed E-state index contributed by atoms with van der Waals surface area (Å²) in [5.74, 6) is -2.13. The lowest BCUT2D eigenvalue weighted by Crippen LogP contribution is -2.16. The molecule has 0 fully saturated rings. The van der Waals surface area contributed by atoms with Crippen molar-refractivity contribution in [2.75, 3.05) is 0 Å². The van der Waals surface area contributed by atoms with Crippen LogP contribution in [0.4, 0.5) is 13.2 Å². The molecule has 0 spiro atoms. The summed E-state index contributed by atoms with van der Waals surface area (Å²) in [5.41, 5.74) is -0.550. The number of nitrogens with zero attached hydrogens (tertiary/aromatic N) is 1. The second kappa shape index (κ2) is 5.08. The van der Waals surface area contributed by atoms with Crippen LogP contribution in [0.3, 0.4) is 0 Å². The van der Waals surface area contributed by atoms with E-state index in [1.165, 1.54) is 6.92 Å². The highest BCUT2D eigenvalue weighted by Crippen LogP contribution is 2.32. The molecule has 0 saturated carbocycles. The lowest BCUT2D eigenvalue weighted by Gasteiger charge is -2.11. The van der Waals surface area contributed by atoms with Crippen molar-refractivity contribution in [2.45, 2.75) is 19.1 Å². The van der Waals surface area contributed by atoms with Gasteiger partial charge in [0.2, 0.25) is 0 Å². The average Bonchev–Trinajstić information content (AvgIpc) is 2.29. The Morgan fingerprint density at radius 3 is 2.17 bits per heavy atom. The summed E-state index contributed by atoms with van der Waals surface area (Å²) in [6.07, 6.45) is -4.44. The van der Waals surface area contributed by atoms with Gasteiger partial charge in [-0.25, -0.2) is 6.57 Å². The maximum absolute atomic E-state index is 12.3. The first kappa shape index (κ1) is 14.0. The van der Waals surface area contributed by atoms with Crippen LogP contribution in [-0.2, 0) is 11.0 Å². The summed E-state index contributed by atoms with van der Waals surface area (Å²) in [6.45, 7) is 8.29. The molecule has 0 aromatic heterocycles. The Morgan fingerprint density at radius 2 is 1.83 bits per heavy atom. The van der Waals surface area contributed by atoms with E-state index in [0.717, 1.165) is 24.3 Å². The molecule has 0 heterocycles. The molecule has 96 valence electrons. The van der Waals surface area contributed by atoms with Crippen LogP contribution in [-0.4, -0.2) is 11.1 Å². The van der Waals surface area contributed by atoms with Gasteiger partial charge in [-0.2, -0.15) is 13.2 Å². The van der Waals surface area contributed by atoms with Gasteiger partial charge in [-0.15, -0.1) is 0 Å². The van der Waals surface area contributed by atoms with Crippen LogP contribution in [0.5, 0.6) is 0 Å². The Bertz CT molecular complexity index is 474. The zero-order valence-corrected chi connectivity index (χ0v) is 9.40. The first-order valence-corrected chi connectivity index (χ1v) is 5.04. The summed E-state index contributed by atoms with van der Waals surface area (Å²) in [7, 11) is 0. The second-order valence-electron chi connectivity index (χ2n) is 3.82. The van der Waals surface area contributed by atoms with Gasteiger partial charge in [-0.1, -0.05) is 12.1 Å². The number of aliphatic carboxylic acids is 1. The van der Waals surface area contributed by atoms with Crippen LogP contribution in [0.1, 0.15) is 24.1 Å². The van der Waals surface area contributed by atoms with Crippen LogP contribution in [0.25, 0.3) is 4.85 Å². The maximum atomic E-state index is 12.3. The van der Waals surface area contributed by atoms with Crippen LogP contribution < -0.4 is 0 Å². The number of carbonyl (C=O) groups is 1. The molecule has 0 amide bonds. The first-order valence-electron chi connectivity index (χ1n) is 5.04. The molecular formula is C12H10F3NO2. The number of carboxylic acid groups (broad SMARTS) is 1. The number of benzene rings is 1. The molecule has 0 aliphatic rings. The van der Waals surface area contributed by atoms with Crippen LogP contribution in [0.15, 0.2) is 24.3 Å². The van der Waals surface area contributed by atoms with E-state index < -0.39 is 29.7 Å². The normalized spacial score (nSPS) is 14.6. The number of rotatable bonds is 3. The van der Waals surface area contributed by atoms with E-state index in [9.17, 15) is 18.0 Å². The predicted molar refractivity (Wildman–Crippen MR) is 57.6 cm³/mol. The third kappa shape index (κ3) is 3.00. The molecule has 1 aromatic rings. The van der Waals surface area contributed by atoms with E-state index in [0.29, 0.717) is 0 Å². The summed E-state index contributed by atoms with van der Waals surface area (Å²) < 4.78 is 37.0. The van der Waals surface area contributed by atoms with Gasteiger partial charge in [-0.3, -0.25) is 4.79 Å². The lowest BCUT2D eigenvalue weighted by atomic mass is 9.94. The van der Waals surface area contributed by atoms with E-state index >= 15 is 0 Å². The molecule has 1 N–H and O–H groups in total. The average molecular weight is 257 g/mol. The standard InChI is InChI=1S/C12H10F3NO2/c1-7(11(17)18)10(16-2)8-3-5-9(6-4-8)12(13,14)15/h3-7,10H,1H3,(H,17,18). The number of hydrogen-bond donors (Lipinski definition) is 1. The van der Waals surface area contributed by atoms with Gasteiger partial charge in [0, 0.05) is 5.56 Å². The first-order chi connectivity index (χ1) is 8.27. The van der Waals surface area contributed by atoms with Crippen molar-refractivity contribution in [3.63, 3.8) is 0 Å². The summed E-state index contributed by atoms with van der Waals surface area (Å²) in [5, 5.41) is 8.81. The Labute approximate surface area is 102 Å². The smallest absolute Gasteiger partial charge is 0.416 e. The SMILES string of the molecule is [C-]#[N+]C(c1ccc(C(F)(F)F)cc1)C(C)C(=O)O. The Kier molecular flexibility index (Phi) is 3.96. The van der Waals surface area contributed by atoms with Crippen molar-refractivity contribution in [2.24, 2.45) is 5.92 Å². The topological polar surface area (TPSA) is 41.7 Å². The molecule has 6 heteroatoms. The number of carboxylic acids is 1. The van der Waals surface area contributed by atoms with Gasteiger partial charge < -0.3 is 9.95 Å². The third-order valence-corrected chi connectivity index (χ3v) is 2.58. The minimum atomic E-state index is -4.44. The monoisotopic (exact) mass is 257 g/mol. The van der Waals surface area contributed by atoms with Gasteiger partial charge in [0.25, 0.3) is 6.04 Å². The minimum Gasteiger partial charge on any atom is -0.481 e. The fraction of sp³-hybridized carbons (Fsp3) is 0.333. The number of hydrogen-bond acceptors (Lipinski definition) is 1. The summed E-state index contributed by atoms with van der Waals surface area (Å²) >= 11 is 0. The van der Waals surface area contributed by atoms with Crippen LogP contribution in [0.2, 0.25) is 0 Å². The molecule has 18 heavy (non-hydrogen) atoms. The summed E-state index contributed by atoms with van der Waals surface area (Å²) in [4.78, 5) is 13.9. The molecular weight excluding hydrogens is 247 g/mol. The Morgan fingerprint density at radius 1 is 1.33 bits per heavy atom. The van der Waals surface area contributed by atoms with Crippen LogP contribution in [0, 0.1) is 12.5 Å². The van der Waals surface area contributed by atoms with Gasteiger partial charge >= 0.3 is 12.1 Å². The van der Waals surface area contributed by atoms with Crippen LogP contribution >= 0.6 is 0 Å². The predicted octanol–water partition coefficient (Wildman–Crippen LogP) is 3.39. The molecule has 2 unspecified atom stereocenters. The summed E-state index contributed by atoms with van der Waals surface area (Å²) in [6, 6.07) is 3.00. The molecule has 0 aliphatic heterocycles. The van der Waals surface area contributed by atoms with E-state index in [1.54, 1.807) is 0 Å². The highest BCUT2D eigenvalue weighted by Gasteiger charge is 2.33. The van der Waals surface area contributed by atoms with Gasteiger partial charge in [0.15, 0.2) is 0 Å². The quantitative estimate of drug-likeness (QED) is 0.843. The molecule has 0 bridgehead atoms. The second-order valence-corrected chi connectivity index (χ2v) is 3.82. The third-order valence-electron chi connectivity index (χ3n) is 2.58. The lowest BCUT2D eigenvalue weighted by molar-refractivity contribution is -0.141. The van der Waals surface area contributed by atoms with E-state index in [4.69, 9.17) is 11.7 Å². The van der Waals surface area contributed by atoms with Gasteiger partial charge in [0.05, 0.1) is 5.56 Å². The fourth-order valence-electron chi connectivity index (χ4n) is 1.48. The largest absolute Gasteiger partial charge is 0.481 e. The van der Waals surface area contributed by atoms with E-state index in [2.05, 4.69) is 4.85 Å². The van der Waals surface area contributed by atoms with Crippen molar-refractivity contribution in [3.05, 3.63) is 46.8 Å². The van der Waals surface area contributed by atoms with E-state index in [-0.39, 0.29) is 5.56 Å². The highest BCUT2D eigenvalue weighted by molar-refractivity contribution is 5.71. The Balaban J connectivity index is 3.04. The van der Waals surface area contributed by atoms with Gasteiger partial charge in [-0.05, 0) is 19.1 Å². The van der Waals surface area contributed by atoms with Crippen molar-refractivity contribution >= 4 is 5.97 Å². The zero-order chi connectivity index (χ0) is 13.9. The minimum absolute atomic E-state index is 0.271. The number of halogens is 3. The van der Waals surface area contributed by atoms with Gasteiger partial charge in [0.1, 0.15) is 5.92 Å².